The number of methoxy groups -OCH3 is 1. The van der Waals surface area contributed by atoms with E-state index < -0.39 is 0 Å². The fourth-order valence-corrected chi connectivity index (χ4v) is 2.86. The van der Waals surface area contributed by atoms with Crippen LogP contribution >= 0.6 is 0 Å². The highest BCUT2D eigenvalue weighted by Crippen LogP contribution is 2.25. The SMILES string of the molecule is COc1ccc(CCN(CCC(=O)Nc2ccccc2OC(C)C)C(C)=O)cc1. The molecule has 0 aliphatic heterocycles. The summed E-state index contributed by atoms with van der Waals surface area (Å²) in [7, 11) is 1.63. The quantitative estimate of drug-likeness (QED) is 0.659. The van der Waals surface area contributed by atoms with Crippen molar-refractivity contribution in [3.8, 4) is 11.5 Å². The number of rotatable bonds is 10. The van der Waals surface area contributed by atoms with Crippen molar-refractivity contribution in [2.75, 3.05) is 25.5 Å². The summed E-state index contributed by atoms with van der Waals surface area (Å²) in [4.78, 5) is 26.1. The van der Waals surface area contributed by atoms with Crippen LogP contribution in [0.2, 0.25) is 0 Å². The van der Waals surface area contributed by atoms with Gasteiger partial charge in [-0.1, -0.05) is 24.3 Å². The normalized spacial score (nSPS) is 10.5. The lowest BCUT2D eigenvalue weighted by Gasteiger charge is -2.21. The van der Waals surface area contributed by atoms with Crippen LogP contribution in [0.1, 0.15) is 32.8 Å². The number of para-hydroxylation sites is 2. The minimum absolute atomic E-state index is 0.0132. The lowest BCUT2D eigenvalue weighted by Crippen LogP contribution is -2.33. The fourth-order valence-electron chi connectivity index (χ4n) is 2.86. The Morgan fingerprint density at radius 1 is 1.03 bits per heavy atom. The standard InChI is InChI=1S/C23H30N2O4/c1-17(2)29-22-8-6-5-7-21(22)24-23(27)14-16-25(18(3)26)15-13-19-9-11-20(28-4)12-10-19/h5-12,17H,13-16H2,1-4H3,(H,24,27). The van der Waals surface area contributed by atoms with Crippen molar-refractivity contribution in [2.24, 2.45) is 0 Å². The Labute approximate surface area is 172 Å². The highest BCUT2D eigenvalue weighted by Gasteiger charge is 2.13. The summed E-state index contributed by atoms with van der Waals surface area (Å²) >= 11 is 0. The molecule has 0 radical (unpaired) electrons. The molecule has 0 unspecified atom stereocenters. The molecule has 2 amide bonds. The lowest BCUT2D eigenvalue weighted by atomic mass is 10.1. The third-order valence-electron chi connectivity index (χ3n) is 4.41. The molecule has 0 saturated heterocycles. The van der Waals surface area contributed by atoms with Gasteiger partial charge in [0, 0.05) is 26.4 Å². The van der Waals surface area contributed by atoms with E-state index in [1.165, 1.54) is 6.92 Å². The zero-order valence-electron chi connectivity index (χ0n) is 17.6. The van der Waals surface area contributed by atoms with Gasteiger partial charge in [0.1, 0.15) is 11.5 Å². The van der Waals surface area contributed by atoms with Gasteiger partial charge in [-0.25, -0.2) is 0 Å². The second kappa shape index (κ2) is 11.1. The monoisotopic (exact) mass is 398 g/mol. The number of nitrogens with zero attached hydrogens (tertiary/aromatic N) is 1. The summed E-state index contributed by atoms with van der Waals surface area (Å²) < 4.78 is 10.9. The first-order valence-electron chi connectivity index (χ1n) is 9.83. The number of carbonyl (C=O) groups excluding carboxylic acids is 2. The molecule has 0 aliphatic rings. The summed E-state index contributed by atoms with van der Waals surface area (Å²) in [6, 6.07) is 15.1. The molecule has 1 N–H and O–H groups in total. The summed E-state index contributed by atoms with van der Waals surface area (Å²) in [5, 5.41) is 2.88. The lowest BCUT2D eigenvalue weighted by molar-refractivity contribution is -0.129. The van der Waals surface area contributed by atoms with Gasteiger partial charge in [-0.2, -0.15) is 0 Å². The fraction of sp³-hybridized carbons (Fsp3) is 0.391. The van der Waals surface area contributed by atoms with Crippen LogP contribution in [0.15, 0.2) is 48.5 Å². The highest BCUT2D eigenvalue weighted by molar-refractivity contribution is 5.92. The molecule has 0 aromatic heterocycles. The molecule has 0 spiro atoms. The zero-order valence-corrected chi connectivity index (χ0v) is 17.6. The number of hydrogen-bond donors (Lipinski definition) is 1. The van der Waals surface area contributed by atoms with Gasteiger partial charge in [-0.3, -0.25) is 9.59 Å². The molecule has 6 heteroatoms. The van der Waals surface area contributed by atoms with Crippen molar-refractivity contribution >= 4 is 17.5 Å². The third-order valence-corrected chi connectivity index (χ3v) is 4.41. The number of amides is 2. The van der Waals surface area contributed by atoms with Crippen LogP contribution in [0.25, 0.3) is 0 Å². The van der Waals surface area contributed by atoms with E-state index in [1.54, 1.807) is 12.0 Å². The van der Waals surface area contributed by atoms with E-state index in [-0.39, 0.29) is 24.3 Å². The Kier molecular flexibility index (Phi) is 8.52. The predicted molar refractivity (Wildman–Crippen MR) is 114 cm³/mol. The van der Waals surface area contributed by atoms with Crippen molar-refractivity contribution in [2.45, 2.75) is 39.7 Å². The van der Waals surface area contributed by atoms with Gasteiger partial charge in [0.15, 0.2) is 0 Å². The zero-order chi connectivity index (χ0) is 21.2. The first-order valence-corrected chi connectivity index (χ1v) is 9.83. The van der Waals surface area contributed by atoms with Crippen LogP contribution < -0.4 is 14.8 Å². The second-order valence-corrected chi connectivity index (χ2v) is 7.07. The Morgan fingerprint density at radius 2 is 1.72 bits per heavy atom. The van der Waals surface area contributed by atoms with Gasteiger partial charge < -0.3 is 19.7 Å². The maximum Gasteiger partial charge on any atom is 0.226 e. The van der Waals surface area contributed by atoms with Crippen molar-refractivity contribution in [1.82, 2.24) is 4.90 Å². The van der Waals surface area contributed by atoms with E-state index in [9.17, 15) is 9.59 Å². The maximum atomic E-state index is 12.4. The predicted octanol–water partition coefficient (Wildman–Crippen LogP) is 3.90. The molecular weight excluding hydrogens is 368 g/mol. The van der Waals surface area contributed by atoms with Crippen LogP contribution in [0.4, 0.5) is 5.69 Å². The Balaban J connectivity index is 1.88. The Bertz CT molecular complexity index is 803. The molecule has 0 aliphatic carbocycles. The number of benzene rings is 2. The van der Waals surface area contributed by atoms with Crippen molar-refractivity contribution in [1.29, 1.82) is 0 Å². The average Bonchev–Trinajstić information content (AvgIpc) is 2.69. The van der Waals surface area contributed by atoms with Gasteiger partial charge in [-0.05, 0) is 50.1 Å². The number of carbonyl (C=O) groups is 2. The molecule has 0 heterocycles. The van der Waals surface area contributed by atoms with E-state index in [4.69, 9.17) is 9.47 Å². The van der Waals surface area contributed by atoms with Gasteiger partial charge in [-0.15, -0.1) is 0 Å². The molecule has 2 rings (SSSR count). The first kappa shape index (κ1) is 22.3. The van der Waals surface area contributed by atoms with E-state index in [0.717, 1.165) is 17.7 Å². The van der Waals surface area contributed by atoms with Crippen molar-refractivity contribution < 1.29 is 19.1 Å². The third kappa shape index (κ3) is 7.49. The molecule has 6 nitrogen and oxygen atoms in total. The molecule has 0 atom stereocenters. The molecule has 0 fully saturated rings. The number of nitrogens with one attached hydrogen (secondary N) is 1. The van der Waals surface area contributed by atoms with Crippen LogP contribution in [0.5, 0.6) is 11.5 Å². The molecular formula is C23H30N2O4. The van der Waals surface area contributed by atoms with Crippen LogP contribution in [-0.2, 0) is 16.0 Å². The summed E-state index contributed by atoms with van der Waals surface area (Å²) in [6.07, 6.45) is 0.952. The van der Waals surface area contributed by atoms with E-state index in [1.807, 2.05) is 62.4 Å². The van der Waals surface area contributed by atoms with E-state index in [0.29, 0.717) is 24.5 Å². The Morgan fingerprint density at radius 3 is 2.34 bits per heavy atom. The van der Waals surface area contributed by atoms with Crippen LogP contribution in [0.3, 0.4) is 0 Å². The molecule has 2 aromatic rings. The van der Waals surface area contributed by atoms with Crippen molar-refractivity contribution in [3.63, 3.8) is 0 Å². The first-order chi connectivity index (χ1) is 13.9. The molecule has 0 bridgehead atoms. The largest absolute Gasteiger partial charge is 0.497 e. The summed E-state index contributed by atoms with van der Waals surface area (Å²) in [6.45, 7) is 6.32. The second-order valence-electron chi connectivity index (χ2n) is 7.07. The van der Waals surface area contributed by atoms with Gasteiger partial charge in [0.05, 0.1) is 18.9 Å². The molecule has 29 heavy (non-hydrogen) atoms. The average molecular weight is 399 g/mol. The van der Waals surface area contributed by atoms with Crippen LogP contribution in [-0.4, -0.2) is 43.0 Å². The topological polar surface area (TPSA) is 67.9 Å². The maximum absolute atomic E-state index is 12.4. The smallest absolute Gasteiger partial charge is 0.226 e. The van der Waals surface area contributed by atoms with Gasteiger partial charge in [0.2, 0.25) is 11.8 Å². The number of hydrogen-bond acceptors (Lipinski definition) is 4. The summed E-state index contributed by atoms with van der Waals surface area (Å²) in [5.74, 6) is 1.24. The van der Waals surface area contributed by atoms with Gasteiger partial charge in [0.25, 0.3) is 0 Å². The molecule has 2 aromatic carbocycles. The molecule has 0 saturated carbocycles. The number of anilines is 1. The number of ether oxygens (including phenoxy) is 2. The van der Waals surface area contributed by atoms with Crippen molar-refractivity contribution in [3.05, 3.63) is 54.1 Å². The Hall–Kier alpha value is -3.02. The van der Waals surface area contributed by atoms with E-state index in [2.05, 4.69) is 5.32 Å². The van der Waals surface area contributed by atoms with E-state index >= 15 is 0 Å². The van der Waals surface area contributed by atoms with Crippen LogP contribution in [0, 0.1) is 0 Å². The molecule has 156 valence electrons. The minimum atomic E-state index is -0.152. The minimum Gasteiger partial charge on any atom is -0.497 e. The highest BCUT2D eigenvalue weighted by atomic mass is 16.5. The summed E-state index contributed by atoms with van der Waals surface area (Å²) in [5.41, 5.74) is 1.75. The van der Waals surface area contributed by atoms with Gasteiger partial charge >= 0.3 is 0 Å².